The Kier molecular flexibility index (Phi) is 2.37. The molecule has 0 bridgehead atoms. The van der Waals surface area contributed by atoms with Crippen LogP contribution in [-0.4, -0.2) is 11.2 Å². The molecular formula is C7H5NO4. The first kappa shape index (κ1) is 8.19. The lowest BCUT2D eigenvalue weighted by atomic mass is 10.3. The quantitative estimate of drug-likeness (QED) is 0.292. The average Bonchev–Trinajstić information content (AvgIpc) is 2.51. The van der Waals surface area contributed by atoms with Crippen LogP contribution < -0.4 is 0 Å². The van der Waals surface area contributed by atoms with Crippen LogP contribution in [0.4, 0.5) is 0 Å². The van der Waals surface area contributed by atoms with Crippen LogP contribution in [0, 0.1) is 10.1 Å². The summed E-state index contributed by atoms with van der Waals surface area (Å²) in [6.07, 6.45) is 2.60. The van der Waals surface area contributed by atoms with E-state index in [2.05, 4.69) is 0 Å². The van der Waals surface area contributed by atoms with Crippen molar-refractivity contribution in [1.82, 2.24) is 0 Å². The van der Waals surface area contributed by atoms with Gasteiger partial charge >= 0.3 is 5.70 Å². The van der Waals surface area contributed by atoms with Gasteiger partial charge in [0.05, 0.1) is 17.3 Å². The van der Waals surface area contributed by atoms with Crippen molar-refractivity contribution in [2.24, 2.45) is 0 Å². The molecule has 0 aliphatic heterocycles. The van der Waals surface area contributed by atoms with Gasteiger partial charge in [0.25, 0.3) is 0 Å². The lowest BCUT2D eigenvalue weighted by Gasteiger charge is -1.85. The second-order valence-corrected chi connectivity index (χ2v) is 1.96. The number of hydrogen-bond acceptors (Lipinski definition) is 4. The SMILES string of the molecule is O=CC(=Cc1ccco1)[N+](=O)[O-]. The van der Waals surface area contributed by atoms with Gasteiger partial charge in [-0.15, -0.1) is 0 Å². The van der Waals surface area contributed by atoms with Crippen LogP contribution in [0.5, 0.6) is 0 Å². The van der Waals surface area contributed by atoms with E-state index in [-0.39, 0.29) is 12.0 Å². The third-order valence-electron chi connectivity index (χ3n) is 1.16. The summed E-state index contributed by atoms with van der Waals surface area (Å²) in [5, 5.41) is 10.1. The van der Waals surface area contributed by atoms with Gasteiger partial charge in [-0.3, -0.25) is 14.9 Å². The van der Waals surface area contributed by atoms with Crippen molar-refractivity contribution < 1.29 is 14.1 Å². The highest BCUT2D eigenvalue weighted by atomic mass is 16.6. The molecule has 5 nitrogen and oxygen atoms in total. The predicted molar refractivity (Wildman–Crippen MR) is 39.7 cm³/mol. The molecule has 0 amide bonds. The van der Waals surface area contributed by atoms with E-state index in [4.69, 9.17) is 4.42 Å². The molecule has 0 saturated carbocycles. The molecule has 1 aromatic rings. The molecule has 0 aliphatic rings. The Bertz CT molecular complexity index is 312. The third-order valence-corrected chi connectivity index (χ3v) is 1.16. The number of hydrogen-bond donors (Lipinski definition) is 0. The molecule has 0 fully saturated rings. The van der Waals surface area contributed by atoms with Crippen molar-refractivity contribution >= 4 is 12.4 Å². The van der Waals surface area contributed by atoms with Crippen molar-refractivity contribution in [2.75, 3.05) is 0 Å². The molecular weight excluding hydrogens is 162 g/mol. The second-order valence-electron chi connectivity index (χ2n) is 1.96. The number of carbonyl (C=O) groups is 1. The van der Waals surface area contributed by atoms with E-state index >= 15 is 0 Å². The van der Waals surface area contributed by atoms with Crippen molar-refractivity contribution in [3.05, 3.63) is 40.0 Å². The predicted octanol–water partition coefficient (Wildman–Crippen LogP) is 1.10. The summed E-state index contributed by atoms with van der Waals surface area (Å²) in [5.41, 5.74) is -0.523. The van der Waals surface area contributed by atoms with Crippen molar-refractivity contribution in [3.8, 4) is 0 Å². The summed E-state index contributed by atoms with van der Waals surface area (Å²) in [5.74, 6) is 0.286. The van der Waals surface area contributed by atoms with Crippen molar-refractivity contribution in [1.29, 1.82) is 0 Å². The molecule has 0 saturated heterocycles. The number of allylic oxidation sites excluding steroid dienone is 1. The van der Waals surface area contributed by atoms with Gasteiger partial charge in [-0.05, 0) is 12.1 Å². The third kappa shape index (κ3) is 1.79. The van der Waals surface area contributed by atoms with Crippen LogP contribution in [0.3, 0.4) is 0 Å². The van der Waals surface area contributed by atoms with E-state index in [0.717, 1.165) is 6.08 Å². The van der Waals surface area contributed by atoms with E-state index in [1.165, 1.54) is 12.3 Å². The fourth-order valence-corrected chi connectivity index (χ4v) is 0.649. The van der Waals surface area contributed by atoms with Gasteiger partial charge in [0.15, 0.2) is 0 Å². The zero-order valence-corrected chi connectivity index (χ0v) is 5.97. The van der Waals surface area contributed by atoms with E-state index in [9.17, 15) is 14.9 Å². The van der Waals surface area contributed by atoms with Crippen LogP contribution in [0.1, 0.15) is 5.76 Å². The van der Waals surface area contributed by atoms with Gasteiger partial charge in [0.2, 0.25) is 6.29 Å². The zero-order valence-electron chi connectivity index (χ0n) is 5.97. The zero-order chi connectivity index (χ0) is 8.97. The Balaban J connectivity index is 2.93. The average molecular weight is 167 g/mol. The molecule has 0 atom stereocenters. The monoisotopic (exact) mass is 167 g/mol. The first-order chi connectivity index (χ1) is 5.74. The number of nitrogens with zero attached hydrogens (tertiary/aromatic N) is 1. The summed E-state index contributed by atoms with van der Waals surface area (Å²) >= 11 is 0. The normalized spacial score (nSPS) is 11.2. The molecule has 1 heterocycles. The van der Waals surface area contributed by atoms with Crippen LogP contribution in [-0.2, 0) is 4.79 Å². The van der Waals surface area contributed by atoms with Gasteiger partial charge in [-0.1, -0.05) is 0 Å². The lowest BCUT2D eigenvalue weighted by Crippen LogP contribution is -1.98. The van der Waals surface area contributed by atoms with Gasteiger partial charge in [0, 0.05) is 0 Å². The first-order valence-electron chi connectivity index (χ1n) is 3.09. The molecule has 0 aliphatic carbocycles. The van der Waals surface area contributed by atoms with Gasteiger partial charge < -0.3 is 4.42 Å². The largest absolute Gasteiger partial charge is 0.465 e. The topological polar surface area (TPSA) is 73.3 Å². The molecule has 0 N–H and O–H groups in total. The molecule has 0 spiro atoms. The number of nitro groups is 1. The summed E-state index contributed by atoms with van der Waals surface area (Å²) in [6.45, 7) is 0. The fourth-order valence-electron chi connectivity index (χ4n) is 0.649. The molecule has 1 aromatic heterocycles. The van der Waals surface area contributed by atoms with Crippen LogP contribution >= 0.6 is 0 Å². The smallest absolute Gasteiger partial charge is 0.312 e. The van der Waals surface area contributed by atoms with Gasteiger partial charge in [-0.2, -0.15) is 0 Å². The Hall–Kier alpha value is -1.91. The standard InChI is InChI=1S/C7H5NO4/c9-5-6(8(10)11)4-7-2-1-3-12-7/h1-5H. The number of carbonyl (C=O) groups excluding carboxylic acids is 1. The van der Waals surface area contributed by atoms with E-state index in [1.807, 2.05) is 0 Å². The van der Waals surface area contributed by atoms with E-state index in [1.54, 1.807) is 6.07 Å². The van der Waals surface area contributed by atoms with Gasteiger partial charge in [-0.25, -0.2) is 0 Å². The summed E-state index contributed by atoms with van der Waals surface area (Å²) in [7, 11) is 0. The molecule has 5 heteroatoms. The van der Waals surface area contributed by atoms with Crippen LogP contribution in [0.25, 0.3) is 6.08 Å². The number of furan rings is 1. The molecule has 0 aromatic carbocycles. The summed E-state index contributed by atoms with van der Waals surface area (Å²) in [4.78, 5) is 19.5. The van der Waals surface area contributed by atoms with Crippen molar-refractivity contribution in [3.63, 3.8) is 0 Å². The van der Waals surface area contributed by atoms with E-state index < -0.39 is 10.6 Å². The van der Waals surface area contributed by atoms with Crippen LogP contribution in [0.15, 0.2) is 28.5 Å². The fraction of sp³-hybridized carbons (Fsp3) is 0. The maximum atomic E-state index is 10.1. The Morgan fingerprint density at radius 2 is 2.42 bits per heavy atom. The highest BCUT2D eigenvalue weighted by molar-refractivity contribution is 5.77. The van der Waals surface area contributed by atoms with Gasteiger partial charge in [0.1, 0.15) is 5.76 Å². The van der Waals surface area contributed by atoms with Crippen molar-refractivity contribution in [2.45, 2.75) is 0 Å². The summed E-state index contributed by atoms with van der Waals surface area (Å²) < 4.78 is 4.78. The highest BCUT2D eigenvalue weighted by Crippen LogP contribution is 2.05. The van der Waals surface area contributed by atoms with E-state index in [0.29, 0.717) is 0 Å². The highest BCUT2D eigenvalue weighted by Gasteiger charge is 2.08. The molecule has 62 valence electrons. The minimum Gasteiger partial charge on any atom is -0.465 e. The number of aldehydes is 1. The first-order valence-corrected chi connectivity index (χ1v) is 3.09. The Morgan fingerprint density at radius 3 is 2.83 bits per heavy atom. The molecule has 0 radical (unpaired) electrons. The molecule has 0 unspecified atom stereocenters. The number of rotatable bonds is 3. The molecule has 1 rings (SSSR count). The minimum absolute atomic E-state index is 0.169. The summed E-state index contributed by atoms with van der Waals surface area (Å²) in [6, 6.07) is 3.10. The molecule has 12 heavy (non-hydrogen) atoms. The Morgan fingerprint density at radius 1 is 1.67 bits per heavy atom. The Labute approximate surface area is 67.4 Å². The maximum absolute atomic E-state index is 10.1. The second kappa shape index (κ2) is 3.47. The lowest BCUT2D eigenvalue weighted by molar-refractivity contribution is -0.415. The maximum Gasteiger partial charge on any atom is 0.312 e. The minimum atomic E-state index is -0.768. The van der Waals surface area contributed by atoms with Crippen LogP contribution in [0.2, 0.25) is 0 Å².